The first-order valence-electron chi connectivity index (χ1n) is 4.76. The molecule has 0 bridgehead atoms. The molecule has 1 rings (SSSR count). The number of anilines is 1. The number of alkyl halides is 1. The van der Waals surface area contributed by atoms with E-state index in [9.17, 15) is 14.9 Å². The molecule has 1 atom stereocenters. The van der Waals surface area contributed by atoms with E-state index in [-0.39, 0.29) is 23.2 Å². The van der Waals surface area contributed by atoms with Crippen LogP contribution in [0.2, 0.25) is 5.02 Å². The highest BCUT2D eigenvalue weighted by molar-refractivity contribution is 6.31. The highest BCUT2D eigenvalue weighted by Gasteiger charge is 2.18. The Balaban J connectivity index is 3.00. The summed E-state index contributed by atoms with van der Waals surface area (Å²) in [6.07, 6.45) is 0. The molecule has 5 nitrogen and oxygen atoms in total. The maximum absolute atomic E-state index is 11.6. The Bertz CT molecular complexity index is 451. The molecule has 0 spiro atoms. The van der Waals surface area contributed by atoms with Crippen molar-refractivity contribution in [3.05, 3.63) is 33.3 Å². The summed E-state index contributed by atoms with van der Waals surface area (Å²) in [5.74, 6) is -0.680. The van der Waals surface area contributed by atoms with Gasteiger partial charge in [-0.3, -0.25) is 14.9 Å². The molecule has 92 valence electrons. The molecule has 0 aliphatic rings. The van der Waals surface area contributed by atoms with Crippen molar-refractivity contribution in [1.82, 2.24) is 0 Å². The number of nitro groups is 1. The van der Waals surface area contributed by atoms with Gasteiger partial charge in [0.1, 0.15) is 5.69 Å². The summed E-state index contributed by atoms with van der Waals surface area (Å²) in [4.78, 5) is 21.7. The summed E-state index contributed by atoms with van der Waals surface area (Å²) < 4.78 is 0. The summed E-state index contributed by atoms with van der Waals surface area (Å²) in [6.45, 7) is 1.62. The molecule has 0 saturated heterocycles. The van der Waals surface area contributed by atoms with E-state index in [0.717, 1.165) is 0 Å². The smallest absolute Gasteiger partial charge is 0.292 e. The minimum atomic E-state index is -0.586. The van der Waals surface area contributed by atoms with Gasteiger partial charge in [0.15, 0.2) is 0 Å². The number of amides is 1. The standard InChI is InChI=1S/C10H10Cl2N2O3/c1-6(5-11)10(15)13-8-4-7(12)2-3-9(8)14(16)17/h2-4,6H,5H2,1H3,(H,13,15). The summed E-state index contributed by atoms with van der Waals surface area (Å²) in [5, 5.41) is 13.5. The molecule has 17 heavy (non-hydrogen) atoms. The monoisotopic (exact) mass is 276 g/mol. The predicted molar refractivity (Wildman–Crippen MR) is 66.6 cm³/mol. The molecule has 0 aliphatic heterocycles. The summed E-state index contributed by atoms with van der Waals surface area (Å²) >= 11 is 11.2. The Morgan fingerprint density at radius 1 is 1.59 bits per heavy atom. The van der Waals surface area contributed by atoms with Gasteiger partial charge in [-0.05, 0) is 12.1 Å². The van der Waals surface area contributed by atoms with Crippen LogP contribution in [0.3, 0.4) is 0 Å². The van der Waals surface area contributed by atoms with Crippen molar-refractivity contribution < 1.29 is 9.72 Å². The fraction of sp³-hybridized carbons (Fsp3) is 0.300. The molecule has 7 heteroatoms. The van der Waals surface area contributed by atoms with Gasteiger partial charge in [0, 0.05) is 22.9 Å². The number of nitrogens with one attached hydrogen (secondary N) is 1. The van der Waals surface area contributed by atoms with Crippen molar-refractivity contribution in [2.75, 3.05) is 11.2 Å². The van der Waals surface area contributed by atoms with Crippen LogP contribution in [-0.4, -0.2) is 16.7 Å². The number of hydrogen-bond donors (Lipinski definition) is 1. The van der Waals surface area contributed by atoms with E-state index in [0.29, 0.717) is 5.02 Å². The fourth-order valence-corrected chi connectivity index (χ4v) is 1.41. The van der Waals surface area contributed by atoms with Crippen molar-refractivity contribution in [2.45, 2.75) is 6.92 Å². The molecule has 1 aromatic rings. The van der Waals surface area contributed by atoms with Crippen molar-refractivity contribution in [3.63, 3.8) is 0 Å². The van der Waals surface area contributed by atoms with Gasteiger partial charge in [-0.15, -0.1) is 11.6 Å². The molecule has 0 heterocycles. The number of nitrogens with zero attached hydrogens (tertiary/aromatic N) is 1. The van der Waals surface area contributed by atoms with Crippen molar-refractivity contribution in [2.24, 2.45) is 5.92 Å². The van der Waals surface area contributed by atoms with E-state index in [1.807, 2.05) is 0 Å². The predicted octanol–water partition coefficient (Wildman–Crippen LogP) is 3.06. The third-order valence-electron chi connectivity index (χ3n) is 2.09. The molecule has 0 saturated carbocycles. The van der Waals surface area contributed by atoms with Crippen LogP contribution in [0.1, 0.15) is 6.92 Å². The lowest BCUT2D eigenvalue weighted by Gasteiger charge is -2.09. The van der Waals surface area contributed by atoms with Crippen LogP contribution in [0.4, 0.5) is 11.4 Å². The van der Waals surface area contributed by atoms with Gasteiger partial charge in [-0.25, -0.2) is 0 Å². The van der Waals surface area contributed by atoms with Crippen LogP contribution >= 0.6 is 23.2 Å². The van der Waals surface area contributed by atoms with Crippen LogP contribution in [0, 0.1) is 16.0 Å². The number of hydrogen-bond acceptors (Lipinski definition) is 3. The zero-order valence-corrected chi connectivity index (χ0v) is 10.5. The minimum Gasteiger partial charge on any atom is -0.320 e. The van der Waals surface area contributed by atoms with Gasteiger partial charge < -0.3 is 5.32 Å². The number of halogens is 2. The molecule has 1 amide bonds. The van der Waals surface area contributed by atoms with Gasteiger partial charge >= 0.3 is 0 Å². The molecule has 0 fully saturated rings. The quantitative estimate of drug-likeness (QED) is 0.522. The van der Waals surface area contributed by atoms with Gasteiger partial charge in [0.05, 0.1) is 4.92 Å². The zero-order chi connectivity index (χ0) is 13.0. The maximum atomic E-state index is 11.6. The van der Waals surface area contributed by atoms with E-state index >= 15 is 0 Å². The van der Waals surface area contributed by atoms with E-state index in [1.165, 1.54) is 18.2 Å². The molecule has 1 N–H and O–H groups in total. The second-order valence-corrected chi connectivity index (χ2v) is 4.21. The Kier molecular flexibility index (Phi) is 4.72. The lowest BCUT2D eigenvalue weighted by atomic mass is 10.2. The first kappa shape index (κ1) is 13.7. The van der Waals surface area contributed by atoms with Gasteiger partial charge in [-0.2, -0.15) is 0 Å². The van der Waals surface area contributed by atoms with Crippen molar-refractivity contribution >= 4 is 40.5 Å². The Labute approximate surface area is 108 Å². The number of carbonyl (C=O) groups is 1. The summed E-state index contributed by atoms with van der Waals surface area (Å²) in [6, 6.07) is 3.96. The first-order chi connectivity index (χ1) is 7.95. The lowest BCUT2D eigenvalue weighted by molar-refractivity contribution is -0.383. The zero-order valence-electron chi connectivity index (χ0n) is 8.94. The SMILES string of the molecule is CC(CCl)C(=O)Nc1cc(Cl)ccc1[N+](=O)[O-]. The van der Waals surface area contributed by atoms with Crippen LogP contribution in [0.5, 0.6) is 0 Å². The second-order valence-electron chi connectivity index (χ2n) is 3.46. The van der Waals surface area contributed by atoms with E-state index in [4.69, 9.17) is 23.2 Å². The number of rotatable bonds is 4. The normalized spacial score (nSPS) is 11.9. The molecule has 1 unspecified atom stereocenters. The minimum absolute atomic E-state index is 0.0736. The lowest BCUT2D eigenvalue weighted by Crippen LogP contribution is -2.21. The van der Waals surface area contributed by atoms with Crippen molar-refractivity contribution in [1.29, 1.82) is 0 Å². The van der Waals surface area contributed by atoms with Crippen LogP contribution in [0.15, 0.2) is 18.2 Å². The highest BCUT2D eigenvalue weighted by Crippen LogP contribution is 2.28. The molecule has 0 aliphatic carbocycles. The number of benzene rings is 1. The Morgan fingerprint density at radius 3 is 2.76 bits per heavy atom. The Morgan fingerprint density at radius 2 is 2.24 bits per heavy atom. The van der Waals surface area contributed by atoms with Gasteiger partial charge in [0.2, 0.25) is 5.91 Å². The third-order valence-corrected chi connectivity index (χ3v) is 2.79. The van der Waals surface area contributed by atoms with Crippen LogP contribution < -0.4 is 5.32 Å². The van der Waals surface area contributed by atoms with Crippen molar-refractivity contribution in [3.8, 4) is 0 Å². The average molecular weight is 277 g/mol. The number of nitro benzene ring substituents is 1. The molecule has 1 aromatic carbocycles. The molecule has 0 aromatic heterocycles. The van der Waals surface area contributed by atoms with Gasteiger partial charge in [0.25, 0.3) is 5.69 Å². The number of carbonyl (C=O) groups excluding carboxylic acids is 1. The fourth-order valence-electron chi connectivity index (χ4n) is 1.09. The maximum Gasteiger partial charge on any atom is 0.292 e. The average Bonchev–Trinajstić information content (AvgIpc) is 2.27. The summed E-state index contributed by atoms with van der Waals surface area (Å²) in [7, 11) is 0. The van der Waals surface area contributed by atoms with Crippen LogP contribution in [0.25, 0.3) is 0 Å². The highest BCUT2D eigenvalue weighted by atomic mass is 35.5. The van der Waals surface area contributed by atoms with Gasteiger partial charge in [-0.1, -0.05) is 18.5 Å². The first-order valence-corrected chi connectivity index (χ1v) is 5.67. The Hall–Kier alpha value is -1.33. The molecule has 0 radical (unpaired) electrons. The molecular weight excluding hydrogens is 267 g/mol. The van der Waals surface area contributed by atoms with E-state index in [2.05, 4.69) is 5.32 Å². The summed E-state index contributed by atoms with van der Waals surface area (Å²) in [5.41, 5.74) is -0.131. The molecular formula is C10H10Cl2N2O3. The topological polar surface area (TPSA) is 72.2 Å². The van der Waals surface area contributed by atoms with Crippen LogP contribution in [-0.2, 0) is 4.79 Å². The van der Waals surface area contributed by atoms with E-state index < -0.39 is 10.8 Å². The second kappa shape index (κ2) is 5.84. The largest absolute Gasteiger partial charge is 0.320 e. The van der Waals surface area contributed by atoms with E-state index in [1.54, 1.807) is 6.92 Å². The third kappa shape index (κ3) is 3.57.